The first kappa shape index (κ1) is 21.0. The summed E-state index contributed by atoms with van der Waals surface area (Å²) >= 11 is 5.84. The molecule has 0 atom stereocenters. The van der Waals surface area contributed by atoms with Gasteiger partial charge in [-0.3, -0.25) is 14.9 Å². The molecule has 0 aliphatic carbocycles. The minimum atomic E-state index is -4.59. The van der Waals surface area contributed by atoms with Crippen molar-refractivity contribution in [3.05, 3.63) is 56.6 Å². The molecule has 7 nitrogen and oxygen atoms in total. The number of rotatable bonds is 5. The molecule has 0 spiro atoms. The van der Waals surface area contributed by atoms with E-state index in [1.807, 2.05) is 0 Å². The van der Waals surface area contributed by atoms with E-state index >= 15 is 0 Å². The summed E-state index contributed by atoms with van der Waals surface area (Å²) in [6.07, 6.45) is -4.95. The Kier molecular flexibility index (Phi) is 6.10. The number of benzene rings is 2. The smallest absolute Gasteiger partial charge is 0.416 e. The second kappa shape index (κ2) is 8.14. The van der Waals surface area contributed by atoms with Crippen molar-refractivity contribution < 1.29 is 27.6 Å². The molecule has 0 aliphatic rings. The van der Waals surface area contributed by atoms with Gasteiger partial charge in [0.15, 0.2) is 0 Å². The van der Waals surface area contributed by atoms with E-state index in [1.165, 1.54) is 6.07 Å². The molecule has 28 heavy (non-hydrogen) atoms. The number of carbonyl (C=O) groups excluding carboxylic acids is 1. The van der Waals surface area contributed by atoms with Crippen LogP contribution in [0.15, 0.2) is 30.3 Å². The van der Waals surface area contributed by atoms with E-state index in [1.54, 1.807) is 6.07 Å². The summed E-state index contributed by atoms with van der Waals surface area (Å²) < 4.78 is 43.6. The molecule has 2 aromatic carbocycles. The minimum Gasteiger partial charge on any atom is -0.456 e. The lowest BCUT2D eigenvalue weighted by atomic mass is 10.1. The first-order valence-corrected chi connectivity index (χ1v) is 7.91. The van der Waals surface area contributed by atoms with E-state index in [9.17, 15) is 28.1 Å². The topological polar surface area (TPSA) is 105 Å². The van der Waals surface area contributed by atoms with E-state index < -0.39 is 28.3 Å². The maximum absolute atomic E-state index is 12.7. The number of hydrogen-bond donors (Lipinski definition) is 1. The number of halogens is 4. The maximum Gasteiger partial charge on any atom is 0.416 e. The Bertz CT molecular complexity index is 987. The highest BCUT2D eigenvalue weighted by Gasteiger charge is 2.31. The van der Waals surface area contributed by atoms with Gasteiger partial charge < -0.3 is 10.1 Å². The molecular weight excluding hydrogens is 403 g/mol. The fourth-order valence-electron chi connectivity index (χ4n) is 2.33. The molecule has 146 valence electrons. The van der Waals surface area contributed by atoms with Crippen LogP contribution in [-0.2, 0) is 17.4 Å². The van der Waals surface area contributed by atoms with Crippen LogP contribution in [0.1, 0.15) is 18.1 Å². The Labute approximate surface area is 161 Å². The quantitative estimate of drug-likeness (QED) is 0.543. The second-order valence-corrected chi connectivity index (χ2v) is 5.90. The first-order chi connectivity index (χ1) is 13.0. The van der Waals surface area contributed by atoms with Gasteiger partial charge in [0.05, 0.1) is 28.0 Å². The number of nitrogens with one attached hydrogen (secondary N) is 1. The SMILES string of the molecule is CC(=O)Nc1cc(Oc2ccc(C(F)(F)F)cc2Cl)cc(CC#N)c1[N+](=O)[O-]. The molecule has 0 aromatic heterocycles. The van der Waals surface area contributed by atoms with Crippen LogP contribution in [-0.4, -0.2) is 10.8 Å². The molecule has 0 heterocycles. The monoisotopic (exact) mass is 413 g/mol. The minimum absolute atomic E-state index is 0.0446. The van der Waals surface area contributed by atoms with Crippen molar-refractivity contribution in [2.75, 3.05) is 5.32 Å². The lowest BCUT2D eigenvalue weighted by Crippen LogP contribution is -2.10. The normalized spacial score (nSPS) is 10.9. The molecule has 11 heteroatoms. The molecular formula is C17H11ClF3N3O4. The molecule has 0 unspecified atom stereocenters. The van der Waals surface area contributed by atoms with Gasteiger partial charge in [-0.25, -0.2) is 0 Å². The fraction of sp³-hybridized carbons (Fsp3) is 0.176. The number of carbonyl (C=O) groups is 1. The van der Waals surface area contributed by atoms with Gasteiger partial charge in [-0.1, -0.05) is 11.6 Å². The molecule has 1 amide bonds. The fourth-order valence-corrected chi connectivity index (χ4v) is 2.55. The third kappa shape index (κ3) is 4.89. The number of nitro benzene ring substituents is 1. The summed E-state index contributed by atoms with van der Waals surface area (Å²) in [5, 5.41) is 22.2. The molecule has 2 aromatic rings. The number of nitriles is 1. The molecule has 0 saturated carbocycles. The van der Waals surface area contributed by atoms with Crippen LogP contribution in [0.2, 0.25) is 5.02 Å². The highest BCUT2D eigenvalue weighted by atomic mass is 35.5. The van der Waals surface area contributed by atoms with Crippen LogP contribution in [0.5, 0.6) is 11.5 Å². The van der Waals surface area contributed by atoms with Gasteiger partial charge in [0.25, 0.3) is 5.69 Å². The van der Waals surface area contributed by atoms with Gasteiger partial charge in [-0.2, -0.15) is 18.4 Å². The van der Waals surface area contributed by atoms with Crippen molar-refractivity contribution in [3.8, 4) is 17.6 Å². The van der Waals surface area contributed by atoms with Crippen LogP contribution >= 0.6 is 11.6 Å². The third-order valence-electron chi connectivity index (χ3n) is 3.41. The van der Waals surface area contributed by atoms with Gasteiger partial charge in [-0.15, -0.1) is 0 Å². The molecule has 0 saturated heterocycles. The second-order valence-electron chi connectivity index (χ2n) is 5.50. The average Bonchev–Trinajstić information content (AvgIpc) is 2.55. The number of hydrogen-bond acceptors (Lipinski definition) is 5. The Morgan fingerprint density at radius 1 is 1.36 bits per heavy atom. The van der Waals surface area contributed by atoms with E-state index in [0.717, 1.165) is 25.1 Å². The summed E-state index contributed by atoms with van der Waals surface area (Å²) in [5.41, 5.74) is -1.72. The number of nitrogens with zero attached hydrogens (tertiary/aromatic N) is 2. The highest BCUT2D eigenvalue weighted by molar-refractivity contribution is 6.32. The van der Waals surface area contributed by atoms with Crippen LogP contribution in [0.4, 0.5) is 24.5 Å². The Morgan fingerprint density at radius 3 is 2.54 bits per heavy atom. The average molecular weight is 414 g/mol. The van der Waals surface area contributed by atoms with Crippen LogP contribution < -0.4 is 10.1 Å². The Hall–Kier alpha value is -3.32. The molecule has 0 fully saturated rings. The van der Waals surface area contributed by atoms with E-state index in [0.29, 0.717) is 6.07 Å². The first-order valence-electron chi connectivity index (χ1n) is 7.53. The van der Waals surface area contributed by atoms with Crippen LogP contribution in [0.25, 0.3) is 0 Å². The zero-order chi connectivity index (χ0) is 21.1. The summed E-state index contributed by atoms with van der Waals surface area (Å²) in [7, 11) is 0. The standard InChI is InChI=1S/C17H11ClF3N3O4/c1-9(25)23-14-8-12(6-10(4-5-22)16(14)24(26)27)28-15-3-2-11(7-13(15)18)17(19,20)21/h2-3,6-8H,4H2,1H3,(H,23,25). The largest absolute Gasteiger partial charge is 0.456 e. The third-order valence-corrected chi connectivity index (χ3v) is 3.71. The van der Waals surface area contributed by atoms with Gasteiger partial charge >= 0.3 is 6.18 Å². The Morgan fingerprint density at radius 2 is 2.04 bits per heavy atom. The lowest BCUT2D eigenvalue weighted by Gasteiger charge is -2.13. The van der Waals surface area contributed by atoms with Crippen LogP contribution in [0.3, 0.4) is 0 Å². The number of nitro groups is 1. The van der Waals surface area contributed by atoms with Crippen molar-refractivity contribution in [2.24, 2.45) is 0 Å². The van der Waals surface area contributed by atoms with E-state index in [2.05, 4.69) is 5.32 Å². The van der Waals surface area contributed by atoms with Crippen LogP contribution in [0, 0.1) is 21.4 Å². The van der Waals surface area contributed by atoms with Crippen molar-refractivity contribution in [1.29, 1.82) is 5.26 Å². The zero-order valence-corrected chi connectivity index (χ0v) is 14.9. The van der Waals surface area contributed by atoms with E-state index in [4.69, 9.17) is 21.6 Å². The van der Waals surface area contributed by atoms with Gasteiger partial charge in [-0.05, 0) is 24.3 Å². The molecule has 2 rings (SSSR count). The number of anilines is 1. The number of amides is 1. The highest BCUT2D eigenvalue weighted by Crippen LogP contribution is 2.39. The molecule has 0 aliphatic heterocycles. The summed E-state index contributed by atoms with van der Waals surface area (Å²) in [6, 6.07) is 6.49. The molecule has 1 N–H and O–H groups in total. The Balaban J connectivity index is 2.51. The van der Waals surface area contributed by atoms with Crippen molar-refractivity contribution in [3.63, 3.8) is 0 Å². The summed E-state index contributed by atoms with van der Waals surface area (Å²) in [6.45, 7) is 1.13. The number of alkyl halides is 3. The zero-order valence-electron chi connectivity index (χ0n) is 14.1. The van der Waals surface area contributed by atoms with Gasteiger partial charge in [0.1, 0.15) is 17.2 Å². The lowest BCUT2D eigenvalue weighted by molar-refractivity contribution is -0.384. The molecule has 0 radical (unpaired) electrons. The molecule has 0 bridgehead atoms. The summed E-state index contributed by atoms with van der Waals surface area (Å²) in [4.78, 5) is 21.9. The van der Waals surface area contributed by atoms with E-state index in [-0.39, 0.29) is 34.2 Å². The van der Waals surface area contributed by atoms with Gasteiger partial charge in [0.2, 0.25) is 5.91 Å². The predicted octanol–water partition coefficient (Wildman–Crippen LogP) is 5.08. The maximum atomic E-state index is 12.7. The van der Waals surface area contributed by atoms with Crippen molar-refractivity contribution >= 4 is 28.9 Å². The summed E-state index contributed by atoms with van der Waals surface area (Å²) in [5.74, 6) is -0.794. The number of ether oxygens (including phenoxy) is 1. The van der Waals surface area contributed by atoms with Crippen molar-refractivity contribution in [2.45, 2.75) is 19.5 Å². The predicted molar refractivity (Wildman–Crippen MR) is 93.2 cm³/mol. The van der Waals surface area contributed by atoms with Crippen molar-refractivity contribution in [1.82, 2.24) is 0 Å². The van der Waals surface area contributed by atoms with Gasteiger partial charge in [0, 0.05) is 18.6 Å².